The van der Waals surface area contributed by atoms with Crippen LogP contribution < -0.4 is 0 Å². The van der Waals surface area contributed by atoms with Crippen LogP contribution in [0.4, 0.5) is 0 Å². The van der Waals surface area contributed by atoms with Gasteiger partial charge in [0, 0.05) is 28.3 Å². The topological polar surface area (TPSA) is 28.5 Å². The summed E-state index contributed by atoms with van der Waals surface area (Å²) in [5.41, 5.74) is 0. The number of hydrogen-bond donors (Lipinski definition) is 0. The minimum absolute atomic E-state index is 0. The average Bonchev–Trinajstić information content (AvgIpc) is 0. The zero-order valence-corrected chi connectivity index (χ0v) is 5.76. The van der Waals surface area contributed by atoms with Crippen LogP contribution in [0.25, 0.3) is 0 Å². The van der Waals surface area contributed by atoms with Crippen molar-refractivity contribution in [1.82, 2.24) is 0 Å². The Balaban J connectivity index is 0. The Kier molecular flexibility index (Phi) is 313. The molecule has 0 amide bonds. The summed E-state index contributed by atoms with van der Waals surface area (Å²) < 4.78 is 0. The third kappa shape index (κ3) is 9.78. The van der Waals surface area contributed by atoms with Gasteiger partial charge >= 0.3 is 23.1 Å². The van der Waals surface area contributed by atoms with Crippen molar-refractivity contribution in [2.45, 2.75) is 0 Å². The molecule has 0 heterocycles. The van der Waals surface area contributed by atoms with E-state index in [4.69, 9.17) is 0 Å². The molecule has 0 rings (SSSR count). The maximum atomic E-state index is 0. The van der Waals surface area contributed by atoms with Crippen molar-refractivity contribution in [1.29, 1.82) is 0 Å². The van der Waals surface area contributed by atoms with Gasteiger partial charge in [0.25, 0.3) is 0 Å². The normalized spacial score (nSPS) is 0. The van der Waals surface area contributed by atoms with Crippen LogP contribution >= 0.6 is 0 Å². The van der Waals surface area contributed by atoms with Gasteiger partial charge in [0.15, 0.2) is 0 Å². The zero-order valence-electron chi connectivity index (χ0n) is 2.19. The maximum absolute atomic E-state index is 0. The summed E-state index contributed by atoms with van der Waals surface area (Å²) in [6.07, 6.45) is 0. The molecule has 15 valence electrons. The Labute approximate surface area is 56.8 Å². The van der Waals surface area contributed by atoms with E-state index in [-0.39, 0.29) is 56.9 Å². The third-order valence-corrected chi connectivity index (χ3v) is 0. The second kappa shape index (κ2) is 24.8. The van der Waals surface area contributed by atoms with Crippen molar-refractivity contribution in [3.05, 3.63) is 0 Å². The van der Waals surface area contributed by atoms with Crippen LogP contribution in [0.1, 0.15) is 0 Å². The smallest absolute Gasteiger partial charge is 2.00 e. The SMILES string of the molecule is [Al].[Mg+2].[O-2].[Si]. The average molecular weight is 95.4 g/mol. The van der Waals surface area contributed by atoms with E-state index in [2.05, 4.69) is 0 Å². The standard InChI is InChI=1S/Al.Mg.O.Si/q;+2;-2;. The van der Waals surface area contributed by atoms with E-state index in [9.17, 15) is 0 Å². The third-order valence-electron chi connectivity index (χ3n) is 0. The first-order valence-corrected chi connectivity index (χ1v) is 0. The molecule has 4 heavy (non-hydrogen) atoms. The van der Waals surface area contributed by atoms with Crippen molar-refractivity contribution in [3.63, 3.8) is 0 Å². The van der Waals surface area contributed by atoms with Crippen molar-refractivity contribution >= 4 is 51.4 Å². The predicted octanol–water partition coefficient (Wildman–Crippen LogP) is -1.26. The predicted molar refractivity (Wildman–Crippen MR) is 17.9 cm³/mol. The van der Waals surface area contributed by atoms with Crippen molar-refractivity contribution < 1.29 is 5.48 Å². The number of rotatable bonds is 0. The van der Waals surface area contributed by atoms with Gasteiger partial charge in [-0.15, -0.1) is 0 Å². The van der Waals surface area contributed by atoms with Gasteiger partial charge in [0.1, 0.15) is 0 Å². The molecule has 0 aliphatic rings. The molecule has 0 aromatic heterocycles. The van der Waals surface area contributed by atoms with Crippen LogP contribution in [0, 0.1) is 0 Å². The van der Waals surface area contributed by atoms with E-state index < -0.39 is 0 Å². The number of hydrogen-bond acceptors (Lipinski definition) is 0. The Bertz CT molecular complexity index is 8.00. The Hall–Kier alpha value is 1.48. The summed E-state index contributed by atoms with van der Waals surface area (Å²) in [5, 5.41) is 0. The Morgan fingerprint density at radius 2 is 1.00 bits per heavy atom. The minimum Gasteiger partial charge on any atom is -2.00 e. The van der Waals surface area contributed by atoms with Crippen molar-refractivity contribution in [3.8, 4) is 0 Å². The molecule has 0 atom stereocenters. The molecule has 0 aromatic carbocycles. The molecule has 4 heteroatoms. The minimum atomic E-state index is 0. The molecule has 0 aliphatic heterocycles. The summed E-state index contributed by atoms with van der Waals surface area (Å²) in [6.45, 7) is 0. The molecule has 1 nitrogen and oxygen atoms in total. The van der Waals surface area contributed by atoms with Gasteiger partial charge in [-0.1, -0.05) is 0 Å². The van der Waals surface area contributed by atoms with E-state index in [0.29, 0.717) is 0 Å². The Morgan fingerprint density at radius 3 is 1.00 bits per heavy atom. The zero-order chi connectivity index (χ0) is 0. The molecule has 0 unspecified atom stereocenters. The van der Waals surface area contributed by atoms with Gasteiger partial charge < -0.3 is 5.48 Å². The first-order valence-electron chi connectivity index (χ1n) is 0. The second-order valence-corrected chi connectivity index (χ2v) is 0. The fourth-order valence-corrected chi connectivity index (χ4v) is 0. The monoisotopic (exact) mass is 94.9 g/mol. The fraction of sp³-hybridized carbons (Fsp3) is 0. The van der Waals surface area contributed by atoms with Crippen LogP contribution in [0.15, 0.2) is 0 Å². The first-order chi connectivity index (χ1) is 0. The van der Waals surface area contributed by atoms with E-state index in [1.807, 2.05) is 0 Å². The summed E-state index contributed by atoms with van der Waals surface area (Å²) in [6, 6.07) is 0. The molecule has 0 aromatic rings. The maximum Gasteiger partial charge on any atom is 2.00 e. The van der Waals surface area contributed by atoms with Gasteiger partial charge in [0.05, 0.1) is 0 Å². The van der Waals surface area contributed by atoms with Crippen LogP contribution in [0.2, 0.25) is 0 Å². The Morgan fingerprint density at radius 1 is 1.00 bits per heavy atom. The first kappa shape index (κ1) is 50.4. The summed E-state index contributed by atoms with van der Waals surface area (Å²) >= 11 is 0. The van der Waals surface area contributed by atoms with Gasteiger partial charge in [-0.3, -0.25) is 0 Å². The van der Waals surface area contributed by atoms with E-state index in [1.54, 1.807) is 0 Å². The molecule has 0 saturated heterocycles. The summed E-state index contributed by atoms with van der Waals surface area (Å²) in [4.78, 5) is 0. The molecular formula is AlMgOSi. The van der Waals surface area contributed by atoms with Gasteiger partial charge in [-0.05, 0) is 0 Å². The van der Waals surface area contributed by atoms with Gasteiger partial charge in [-0.25, -0.2) is 0 Å². The van der Waals surface area contributed by atoms with E-state index >= 15 is 0 Å². The van der Waals surface area contributed by atoms with Crippen LogP contribution in [-0.4, -0.2) is 51.4 Å². The molecule has 0 aliphatic carbocycles. The van der Waals surface area contributed by atoms with Crippen molar-refractivity contribution in [2.75, 3.05) is 0 Å². The molecule has 0 fully saturated rings. The molecule has 7 radical (unpaired) electrons. The van der Waals surface area contributed by atoms with Gasteiger partial charge in [0.2, 0.25) is 0 Å². The fourth-order valence-electron chi connectivity index (χ4n) is 0. The van der Waals surface area contributed by atoms with Crippen LogP contribution in [-0.2, 0) is 5.48 Å². The molecule has 0 bridgehead atoms. The molecule has 0 saturated carbocycles. The van der Waals surface area contributed by atoms with Crippen LogP contribution in [0.3, 0.4) is 0 Å². The molecule has 0 spiro atoms. The van der Waals surface area contributed by atoms with E-state index in [1.165, 1.54) is 0 Å². The molecule has 0 N–H and O–H groups in total. The van der Waals surface area contributed by atoms with Crippen molar-refractivity contribution in [2.24, 2.45) is 0 Å². The summed E-state index contributed by atoms with van der Waals surface area (Å²) in [5.74, 6) is 0. The quantitative estimate of drug-likeness (QED) is 0.336. The van der Waals surface area contributed by atoms with Crippen LogP contribution in [0.5, 0.6) is 0 Å². The largest absolute Gasteiger partial charge is 2.00 e. The van der Waals surface area contributed by atoms with E-state index in [0.717, 1.165) is 0 Å². The summed E-state index contributed by atoms with van der Waals surface area (Å²) in [7, 11) is 0. The molecular weight excluding hydrogens is 95.4 g/mol. The van der Waals surface area contributed by atoms with Gasteiger partial charge in [-0.2, -0.15) is 0 Å². The second-order valence-electron chi connectivity index (χ2n) is 0.